The molecular formula is C37H56F2O4S. The maximum absolute atomic E-state index is 14.3. The number of fused-ring (bicyclic) bond motifs is 5. The Bertz CT molecular complexity index is 1290. The third-order valence-electron chi connectivity index (χ3n) is 14.5. The van der Waals surface area contributed by atoms with Crippen molar-refractivity contribution in [2.24, 2.45) is 46.3 Å². The number of sulfone groups is 1. The van der Waals surface area contributed by atoms with Gasteiger partial charge in [-0.1, -0.05) is 39.0 Å². The highest BCUT2D eigenvalue weighted by Crippen LogP contribution is 2.69. The van der Waals surface area contributed by atoms with E-state index in [4.69, 9.17) is 0 Å². The zero-order valence-electron chi connectivity index (χ0n) is 27.4. The van der Waals surface area contributed by atoms with E-state index in [1.165, 1.54) is 19.3 Å². The highest BCUT2D eigenvalue weighted by molar-refractivity contribution is 7.92. The van der Waals surface area contributed by atoms with Gasteiger partial charge in [0.25, 0.3) is 0 Å². The highest BCUT2D eigenvalue weighted by Gasteiger charge is 2.62. The van der Waals surface area contributed by atoms with Crippen LogP contribution in [0.3, 0.4) is 0 Å². The van der Waals surface area contributed by atoms with E-state index in [-0.39, 0.29) is 54.8 Å². The largest absolute Gasteiger partial charge is 0.390 e. The Labute approximate surface area is 264 Å². The van der Waals surface area contributed by atoms with Crippen LogP contribution in [0, 0.1) is 46.3 Å². The standard InChI is InChI=1S/C37H56F2O4S/c1-25(32(44(42,43)27-8-6-5-7-9-27)15-17-36(41)20-22-37(38,39)23-21-36)29-12-13-30-28-11-10-26-24-33(2,40)18-19-34(26,3)31(28)14-16-35(29,30)4/h5-9,25-26,28-32,40-41H,10-24H2,1-4H3/t25-,26-,28-,29+,30-,31-,32?,33-,34-,35+/m0/s1. The molecule has 1 aromatic rings. The number of rotatable bonds is 7. The Hall–Kier alpha value is -1.05. The number of hydrogen-bond acceptors (Lipinski definition) is 4. The van der Waals surface area contributed by atoms with Crippen molar-refractivity contribution in [3.8, 4) is 0 Å². The first kappa shape index (κ1) is 32.9. The monoisotopic (exact) mass is 634 g/mol. The Morgan fingerprint density at radius 1 is 0.818 bits per heavy atom. The van der Waals surface area contributed by atoms with E-state index in [9.17, 15) is 27.4 Å². The van der Waals surface area contributed by atoms with Crippen LogP contribution in [0.5, 0.6) is 0 Å². The van der Waals surface area contributed by atoms with Crippen molar-refractivity contribution in [3.05, 3.63) is 30.3 Å². The van der Waals surface area contributed by atoms with E-state index < -0.39 is 32.2 Å². The molecule has 1 aromatic carbocycles. The molecule has 0 saturated heterocycles. The third kappa shape index (κ3) is 5.71. The summed E-state index contributed by atoms with van der Waals surface area (Å²) in [6.07, 6.45) is 9.66. The Balaban J connectivity index is 1.24. The topological polar surface area (TPSA) is 74.6 Å². The SMILES string of the molecule is C[C@H](C(CCC1(O)CCC(F)(F)CC1)S(=O)(=O)c1ccccc1)[C@H]1CC[C@H]2[C@@H]3CC[C@H]4C[C@@](C)(O)CC[C@]4(C)[C@H]3CC[C@]12C. The fraction of sp³-hybridized carbons (Fsp3) is 0.838. The van der Waals surface area contributed by atoms with Crippen LogP contribution < -0.4 is 0 Å². The Kier molecular flexibility index (Phi) is 8.43. The molecule has 5 aliphatic rings. The van der Waals surface area contributed by atoms with Gasteiger partial charge in [0.15, 0.2) is 9.84 Å². The van der Waals surface area contributed by atoms with Crippen molar-refractivity contribution in [3.63, 3.8) is 0 Å². The van der Waals surface area contributed by atoms with Gasteiger partial charge < -0.3 is 10.2 Å². The lowest BCUT2D eigenvalue weighted by molar-refractivity contribution is -0.148. The molecule has 0 amide bonds. The molecule has 0 spiro atoms. The van der Waals surface area contributed by atoms with Gasteiger partial charge in [0, 0.05) is 12.8 Å². The van der Waals surface area contributed by atoms with Crippen LogP contribution in [0.2, 0.25) is 0 Å². The van der Waals surface area contributed by atoms with Gasteiger partial charge in [-0.05, 0) is 149 Å². The van der Waals surface area contributed by atoms with Gasteiger partial charge in [-0.3, -0.25) is 0 Å². The fourth-order valence-electron chi connectivity index (χ4n) is 11.8. The van der Waals surface area contributed by atoms with E-state index in [1.54, 1.807) is 24.3 Å². The van der Waals surface area contributed by atoms with Crippen molar-refractivity contribution < 1.29 is 27.4 Å². The van der Waals surface area contributed by atoms with E-state index in [2.05, 4.69) is 20.8 Å². The second kappa shape index (κ2) is 11.3. The van der Waals surface area contributed by atoms with Crippen LogP contribution in [-0.4, -0.2) is 41.0 Å². The van der Waals surface area contributed by atoms with Gasteiger partial charge in [-0.15, -0.1) is 0 Å². The molecule has 44 heavy (non-hydrogen) atoms. The molecule has 6 rings (SSSR count). The molecule has 0 bridgehead atoms. The average molecular weight is 635 g/mol. The summed E-state index contributed by atoms with van der Waals surface area (Å²) in [6, 6.07) is 8.71. The smallest absolute Gasteiger partial charge is 0.248 e. The van der Waals surface area contributed by atoms with Gasteiger partial charge in [-0.2, -0.15) is 0 Å². The molecule has 248 valence electrons. The zero-order chi connectivity index (χ0) is 31.8. The molecule has 5 saturated carbocycles. The second-order valence-corrected chi connectivity index (χ2v) is 19.1. The second-order valence-electron chi connectivity index (χ2n) is 17.0. The molecule has 2 N–H and O–H groups in total. The lowest BCUT2D eigenvalue weighted by Gasteiger charge is -2.62. The number of aliphatic hydroxyl groups is 2. The average Bonchev–Trinajstić information content (AvgIpc) is 3.33. The lowest BCUT2D eigenvalue weighted by Crippen LogP contribution is -2.56. The summed E-state index contributed by atoms with van der Waals surface area (Å²) in [7, 11) is -3.70. The summed E-state index contributed by atoms with van der Waals surface area (Å²) in [4.78, 5) is 0.321. The summed E-state index contributed by atoms with van der Waals surface area (Å²) < 4.78 is 56.5. The van der Waals surface area contributed by atoms with Gasteiger partial charge in [0.05, 0.1) is 21.3 Å². The van der Waals surface area contributed by atoms with E-state index >= 15 is 0 Å². The van der Waals surface area contributed by atoms with Crippen LogP contribution in [-0.2, 0) is 9.84 Å². The summed E-state index contributed by atoms with van der Waals surface area (Å²) in [5.41, 5.74) is -1.43. The van der Waals surface area contributed by atoms with Gasteiger partial charge >= 0.3 is 0 Å². The summed E-state index contributed by atoms with van der Waals surface area (Å²) >= 11 is 0. The number of alkyl halides is 2. The number of hydrogen-bond donors (Lipinski definition) is 2. The molecule has 4 nitrogen and oxygen atoms in total. The van der Waals surface area contributed by atoms with Gasteiger partial charge in [-0.25, -0.2) is 17.2 Å². The van der Waals surface area contributed by atoms with Crippen LogP contribution in [0.1, 0.15) is 124 Å². The lowest BCUT2D eigenvalue weighted by atomic mass is 9.43. The van der Waals surface area contributed by atoms with Crippen LogP contribution in [0.25, 0.3) is 0 Å². The van der Waals surface area contributed by atoms with E-state index in [0.29, 0.717) is 35.0 Å². The normalized spacial score (nSPS) is 42.9. The van der Waals surface area contributed by atoms with Crippen molar-refractivity contribution in [2.75, 3.05) is 0 Å². The predicted octanol–water partition coefficient (Wildman–Crippen LogP) is 8.60. The van der Waals surface area contributed by atoms with Gasteiger partial charge in [0.2, 0.25) is 5.92 Å². The minimum Gasteiger partial charge on any atom is -0.390 e. The molecule has 5 fully saturated rings. The fourth-order valence-corrected chi connectivity index (χ4v) is 13.9. The summed E-state index contributed by atoms with van der Waals surface area (Å²) in [5, 5.41) is 21.5. The maximum Gasteiger partial charge on any atom is 0.248 e. The van der Waals surface area contributed by atoms with Crippen LogP contribution in [0.15, 0.2) is 35.2 Å². The molecule has 0 aromatic heterocycles. The molecular weight excluding hydrogens is 578 g/mol. The first-order valence-corrected chi connectivity index (χ1v) is 19.2. The summed E-state index contributed by atoms with van der Waals surface area (Å²) in [6.45, 7) is 9.11. The first-order chi connectivity index (χ1) is 20.5. The van der Waals surface area contributed by atoms with Gasteiger partial charge in [0.1, 0.15) is 0 Å². The molecule has 5 aliphatic carbocycles. The number of benzene rings is 1. The zero-order valence-corrected chi connectivity index (χ0v) is 28.2. The molecule has 0 radical (unpaired) electrons. The summed E-state index contributed by atoms with van der Waals surface area (Å²) in [5.74, 6) is -0.0851. The van der Waals surface area contributed by atoms with E-state index in [0.717, 1.165) is 38.5 Å². The molecule has 1 unspecified atom stereocenters. The van der Waals surface area contributed by atoms with Crippen molar-refractivity contribution in [1.82, 2.24) is 0 Å². The maximum atomic E-state index is 14.3. The molecule has 0 aliphatic heterocycles. The molecule has 7 heteroatoms. The quantitative estimate of drug-likeness (QED) is 0.315. The molecule has 0 heterocycles. The minimum absolute atomic E-state index is 0.0218. The van der Waals surface area contributed by atoms with Crippen LogP contribution >= 0.6 is 0 Å². The van der Waals surface area contributed by atoms with Crippen molar-refractivity contribution in [2.45, 2.75) is 151 Å². The minimum atomic E-state index is -3.70. The molecule has 10 atom stereocenters. The predicted molar refractivity (Wildman–Crippen MR) is 170 cm³/mol. The number of halogens is 2. The third-order valence-corrected chi connectivity index (χ3v) is 16.9. The Morgan fingerprint density at radius 2 is 1.48 bits per heavy atom. The van der Waals surface area contributed by atoms with Crippen LogP contribution in [0.4, 0.5) is 8.78 Å². The highest BCUT2D eigenvalue weighted by atomic mass is 32.2. The Morgan fingerprint density at radius 3 is 2.16 bits per heavy atom. The van der Waals surface area contributed by atoms with E-state index in [1.807, 2.05) is 13.0 Å². The van der Waals surface area contributed by atoms with Crippen molar-refractivity contribution in [1.29, 1.82) is 0 Å². The first-order valence-electron chi connectivity index (χ1n) is 17.6. The van der Waals surface area contributed by atoms with Crippen molar-refractivity contribution >= 4 is 9.84 Å².